The lowest BCUT2D eigenvalue weighted by Crippen LogP contribution is -2.17. The van der Waals surface area contributed by atoms with E-state index in [-0.39, 0.29) is 6.10 Å². The summed E-state index contributed by atoms with van der Waals surface area (Å²) in [7, 11) is 4.16. The topological polar surface area (TPSA) is 30.3 Å². The zero-order valence-corrected chi connectivity index (χ0v) is 14.8. The molecule has 0 aliphatic heterocycles. The third-order valence-electron chi connectivity index (χ3n) is 3.77. The van der Waals surface area contributed by atoms with Gasteiger partial charge in [0.2, 0.25) is 0 Å². The molecule has 23 heavy (non-hydrogen) atoms. The lowest BCUT2D eigenvalue weighted by Gasteiger charge is -2.21. The molecular formula is C19H27N3O. The Kier molecular flexibility index (Phi) is 5.99. The molecule has 1 heterocycles. The molecule has 1 aromatic heterocycles. The third-order valence-corrected chi connectivity index (χ3v) is 3.77. The fourth-order valence-corrected chi connectivity index (χ4v) is 2.60. The predicted molar refractivity (Wildman–Crippen MR) is 95.6 cm³/mol. The standard InChI is InChI=1S/C19H27N3O/c1-6-16(3)23-18-10-8-7-9-17(18)19(15(2)13-21(4)5)22-12-11-20-14-22/h7-12,14,16H,6,13H2,1-5H3/b19-15-. The van der Waals surface area contributed by atoms with Crippen molar-refractivity contribution >= 4 is 5.70 Å². The van der Waals surface area contributed by atoms with Gasteiger partial charge in [-0.25, -0.2) is 4.98 Å². The van der Waals surface area contributed by atoms with E-state index in [4.69, 9.17) is 4.74 Å². The zero-order valence-electron chi connectivity index (χ0n) is 14.8. The Morgan fingerprint density at radius 1 is 1.30 bits per heavy atom. The van der Waals surface area contributed by atoms with E-state index in [1.807, 2.05) is 24.7 Å². The Balaban J connectivity index is 2.53. The van der Waals surface area contributed by atoms with Crippen molar-refractivity contribution in [2.75, 3.05) is 20.6 Å². The van der Waals surface area contributed by atoms with Crippen molar-refractivity contribution < 1.29 is 4.74 Å². The number of hydrogen-bond donors (Lipinski definition) is 0. The monoisotopic (exact) mass is 313 g/mol. The van der Waals surface area contributed by atoms with E-state index in [1.54, 1.807) is 6.20 Å². The van der Waals surface area contributed by atoms with Gasteiger partial charge in [-0.15, -0.1) is 0 Å². The number of para-hydroxylation sites is 1. The summed E-state index contributed by atoms with van der Waals surface area (Å²) in [6.45, 7) is 7.28. The molecule has 1 atom stereocenters. The van der Waals surface area contributed by atoms with Crippen LogP contribution in [0.2, 0.25) is 0 Å². The zero-order chi connectivity index (χ0) is 16.8. The quantitative estimate of drug-likeness (QED) is 0.776. The molecule has 0 amide bonds. The maximum Gasteiger partial charge on any atom is 0.129 e. The van der Waals surface area contributed by atoms with E-state index in [9.17, 15) is 0 Å². The maximum absolute atomic E-state index is 6.15. The lowest BCUT2D eigenvalue weighted by atomic mass is 10.1. The number of aromatic nitrogens is 2. The van der Waals surface area contributed by atoms with Crippen LogP contribution in [-0.2, 0) is 0 Å². The van der Waals surface area contributed by atoms with Crippen LogP contribution >= 0.6 is 0 Å². The van der Waals surface area contributed by atoms with Crippen LogP contribution < -0.4 is 4.74 Å². The van der Waals surface area contributed by atoms with Crippen LogP contribution in [0.5, 0.6) is 5.75 Å². The molecule has 4 nitrogen and oxygen atoms in total. The van der Waals surface area contributed by atoms with Gasteiger partial charge in [0.25, 0.3) is 0 Å². The Hall–Kier alpha value is -2.07. The highest BCUT2D eigenvalue weighted by molar-refractivity contribution is 5.73. The Morgan fingerprint density at radius 2 is 2.04 bits per heavy atom. The first-order valence-corrected chi connectivity index (χ1v) is 8.11. The number of hydrogen-bond acceptors (Lipinski definition) is 3. The predicted octanol–water partition coefficient (Wildman–Crippen LogP) is 3.90. The van der Waals surface area contributed by atoms with E-state index in [0.717, 1.165) is 30.0 Å². The first kappa shape index (κ1) is 17.3. The van der Waals surface area contributed by atoms with E-state index in [1.165, 1.54) is 5.57 Å². The molecule has 0 radical (unpaired) electrons. The van der Waals surface area contributed by atoms with Crippen LogP contribution in [0.1, 0.15) is 32.8 Å². The van der Waals surface area contributed by atoms with Crippen LogP contribution in [0.3, 0.4) is 0 Å². The first-order valence-electron chi connectivity index (χ1n) is 8.11. The number of likely N-dealkylation sites (N-methyl/N-ethyl adjacent to an activating group) is 1. The van der Waals surface area contributed by atoms with Crippen LogP contribution in [0.4, 0.5) is 0 Å². The fourth-order valence-electron chi connectivity index (χ4n) is 2.60. The van der Waals surface area contributed by atoms with Gasteiger partial charge in [0.1, 0.15) is 5.75 Å². The molecular weight excluding hydrogens is 286 g/mol. The van der Waals surface area contributed by atoms with Gasteiger partial charge in [-0.05, 0) is 52.1 Å². The number of nitrogens with zero attached hydrogens (tertiary/aromatic N) is 3. The Morgan fingerprint density at radius 3 is 2.65 bits per heavy atom. The van der Waals surface area contributed by atoms with Crippen molar-refractivity contribution in [1.82, 2.24) is 14.5 Å². The van der Waals surface area contributed by atoms with Crippen molar-refractivity contribution in [2.45, 2.75) is 33.3 Å². The van der Waals surface area contributed by atoms with Gasteiger partial charge in [0, 0.05) is 24.5 Å². The molecule has 1 unspecified atom stereocenters. The lowest BCUT2D eigenvalue weighted by molar-refractivity contribution is 0.216. The van der Waals surface area contributed by atoms with Gasteiger partial charge in [0.05, 0.1) is 18.1 Å². The average molecular weight is 313 g/mol. The van der Waals surface area contributed by atoms with E-state index in [0.29, 0.717) is 0 Å². The number of benzene rings is 1. The van der Waals surface area contributed by atoms with E-state index in [2.05, 4.69) is 61.5 Å². The maximum atomic E-state index is 6.15. The van der Waals surface area contributed by atoms with Crippen LogP contribution in [0, 0.1) is 0 Å². The molecule has 0 N–H and O–H groups in total. The molecule has 0 aliphatic carbocycles. The summed E-state index contributed by atoms with van der Waals surface area (Å²) in [5.41, 5.74) is 3.51. The van der Waals surface area contributed by atoms with Gasteiger partial charge in [0.15, 0.2) is 0 Å². The molecule has 1 aromatic carbocycles. The molecule has 0 aliphatic rings. The van der Waals surface area contributed by atoms with Gasteiger partial charge in [-0.2, -0.15) is 0 Å². The van der Waals surface area contributed by atoms with Crippen molar-refractivity contribution in [3.63, 3.8) is 0 Å². The second-order valence-electron chi connectivity index (χ2n) is 6.17. The summed E-state index contributed by atoms with van der Waals surface area (Å²) in [5, 5.41) is 0. The number of rotatable bonds is 7. The molecule has 4 heteroatoms. The van der Waals surface area contributed by atoms with Gasteiger partial charge in [-0.3, -0.25) is 0 Å². The third kappa shape index (κ3) is 4.45. The number of ether oxygens (including phenoxy) is 1. The first-order chi connectivity index (χ1) is 11.0. The van der Waals surface area contributed by atoms with Gasteiger partial charge < -0.3 is 14.2 Å². The minimum absolute atomic E-state index is 0.189. The molecule has 0 saturated heterocycles. The van der Waals surface area contributed by atoms with Crippen LogP contribution in [0.25, 0.3) is 5.70 Å². The van der Waals surface area contributed by atoms with Gasteiger partial charge >= 0.3 is 0 Å². The van der Waals surface area contributed by atoms with Gasteiger partial charge in [-0.1, -0.05) is 19.1 Å². The van der Waals surface area contributed by atoms with E-state index >= 15 is 0 Å². The Labute approximate surface area is 139 Å². The minimum Gasteiger partial charge on any atom is -0.490 e. The summed E-state index contributed by atoms with van der Waals surface area (Å²) in [4.78, 5) is 6.38. The summed E-state index contributed by atoms with van der Waals surface area (Å²) in [6, 6.07) is 8.24. The van der Waals surface area contributed by atoms with Crippen molar-refractivity contribution in [2.24, 2.45) is 0 Å². The van der Waals surface area contributed by atoms with E-state index < -0.39 is 0 Å². The van der Waals surface area contributed by atoms with Crippen LogP contribution in [-0.4, -0.2) is 41.2 Å². The SMILES string of the molecule is CCC(C)Oc1ccccc1/C(=C(\C)CN(C)C)n1ccnc1. The molecule has 0 fully saturated rings. The molecule has 2 aromatic rings. The Bertz CT molecular complexity index is 644. The molecule has 0 spiro atoms. The second-order valence-corrected chi connectivity index (χ2v) is 6.17. The van der Waals surface area contributed by atoms with Crippen molar-refractivity contribution in [3.8, 4) is 5.75 Å². The summed E-state index contributed by atoms with van der Waals surface area (Å²) in [5.74, 6) is 0.920. The fraction of sp³-hybridized carbons (Fsp3) is 0.421. The highest BCUT2D eigenvalue weighted by Gasteiger charge is 2.15. The smallest absolute Gasteiger partial charge is 0.129 e. The molecule has 0 bridgehead atoms. The summed E-state index contributed by atoms with van der Waals surface area (Å²) >= 11 is 0. The minimum atomic E-state index is 0.189. The summed E-state index contributed by atoms with van der Waals surface area (Å²) in [6.07, 6.45) is 6.80. The largest absolute Gasteiger partial charge is 0.490 e. The number of imidazole rings is 1. The summed E-state index contributed by atoms with van der Waals surface area (Å²) < 4.78 is 8.21. The highest BCUT2D eigenvalue weighted by atomic mass is 16.5. The normalized spacial score (nSPS) is 13.8. The average Bonchev–Trinajstić information content (AvgIpc) is 3.02. The van der Waals surface area contributed by atoms with Crippen LogP contribution in [0.15, 0.2) is 48.6 Å². The molecule has 2 rings (SSSR count). The van der Waals surface area contributed by atoms with Crippen molar-refractivity contribution in [1.29, 1.82) is 0 Å². The molecule has 124 valence electrons. The second kappa shape index (κ2) is 7.97. The highest BCUT2D eigenvalue weighted by Crippen LogP contribution is 2.30. The molecule has 0 saturated carbocycles. The van der Waals surface area contributed by atoms with Crippen molar-refractivity contribution in [3.05, 3.63) is 54.1 Å².